The van der Waals surface area contributed by atoms with Gasteiger partial charge in [-0.3, -0.25) is 4.79 Å². The van der Waals surface area contributed by atoms with E-state index in [1.54, 1.807) is 6.20 Å². The van der Waals surface area contributed by atoms with Gasteiger partial charge < -0.3 is 4.90 Å². The molecule has 1 aromatic carbocycles. The van der Waals surface area contributed by atoms with Crippen LogP contribution in [0.1, 0.15) is 28.4 Å². The predicted octanol–water partition coefficient (Wildman–Crippen LogP) is 3.23. The van der Waals surface area contributed by atoms with Crippen LogP contribution >= 0.6 is 0 Å². The standard InChI is InChI=1S/C16H18N2O/c1-3-18(11-14-7-5-4-6-8-14)16-13(2)9-15(12-19)10-17-16/h4-10,12H,3,11H2,1-2H3. The number of aldehydes is 1. The van der Waals surface area contributed by atoms with Crippen molar-refractivity contribution >= 4 is 12.1 Å². The van der Waals surface area contributed by atoms with Crippen molar-refractivity contribution in [1.29, 1.82) is 0 Å². The molecule has 0 fully saturated rings. The predicted molar refractivity (Wildman–Crippen MR) is 77.5 cm³/mol. The number of benzene rings is 1. The van der Waals surface area contributed by atoms with Crippen LogP contribution in [0.15, 0.2) is 42.6 Å². The van der Waals surface area contributed by atoms with E-state index in [2.05, 4.69) is 28.9 Å². The Labute approximate surface area is 113 Å². The van der Waals surface area contributed by atoms with Crippen molar-refractivity contribution in [3.63, 3.8) is 0 Å². The van der Waals surface area contributed by atoms with Gasteiger partial charge in [-0.05, 0) is 31.0 Å². The number of hydrogen-bond donors (Lipinski definition) is 0. The van der Waals surface area contributed by atoms with E-state index in [-0.39, 0.29) is 0 Å². The molecule has 19 heavy (non-hydrogen) atoms. The smallest absolute Gasteiger partial charge is 0.151 e. The molecule has 2 rings (SSSR count). The van der Waals surface area contributed by atoms with Gasteiger partial charge in [-0.15, -0.1) is 0 Å². The summed E-state index contributed by atoms with van der Waals surface area (Å²) < 4.78 is 0. The highest BCUT2D eigenvalue weighted by atomic mass is 16.1. The number of pyridine rings is 1. The van der Waals surface area contributed by atoms with Crippen molar-refractivity contribution in [3.05, 3.63) is 59.3 Å². The van der Waals surface area contributed by atoms with Crippen molar-refractivity contribution in [2.45, 2.75) is 20.4 Å². The number of nitrogens with zero attached hydrogens (tertiary/aromatic N) is 2. The minimum atomic E-state index is 0.622. The highest BCUT2D eigenvalue weighted by Gasteiger charge is 2.10. The van der Waals surface area contributed by atoms with Gasteiger partial charge in [0.25, 0.3) is 0 Å². The number of carbonyl (C=O) groups is 1. The third-order valence-corrected chi connectivity index (χ3v) is 3.11. The molecule has 0 bridgehead atoms. The molecule has 0 radical (unpaired) electrons. The average Bonchev–Trinajstić information content (AvgIpc) is 2.46. The molecule has 0 aliphatic rings. The van der Waals surface area contributed by atoms with Gasteiger partial charge in [0.05, 0.1) is 0 Å². The number of aromatic nitrogens is 1. The van der Waals surface area contributed by atoms with Crippen LogP contribution in [0, 0.1) is 6.92 Å². The molecule has 2 aromatic rings. The molecule has 0 spiro atoms. The lowest BCUT2D eigenvalue weighted by molar-refractivity contribution is 0.112. The Morgan fingerprint density at radius 1 is 1.26 bits per heavy atom. The van der Waals surface area contributed by atoms with Crippen LogP contribution in [0.4, 0.5) is 5.82 Å². The number of aryl methyl sites for hydroxylation is 1. The van der Waals surface area contributed by atoms with E-state index in [4.69, 9.17) is 0 Å². The summed E-state index contributed by atoms with van der Waals surface area (Å²) in [5.41, 5.74) is 2.91. The van der Waals surface area contributed by atoms with Gasteiger partial charge >= 0.3 is 0 Å². The Hall–Kier alpha value is -2.16. The molecular weight excluding hydrogens is 236 g/mol. The number of rotatable bonds is 5. The molecule has 0 saturated carbocycles. The summed E-state index contributed by atoms with van der Waals surface area (Å²) in [7, 11) is 0. The lowest BCUT2D eigenvalue weighted by Crippen LogP contribution is -2.24. The molecule has 3 nitrogen and oxygen atoms in total. The molecule has 0 unspecified atom stereocenters. The van der Waals surface area contributed by atoms with E-state index in [9.17, 15) is 4.79 Å². The summed E-state index contributed by atoms with van der Waals surface area (Å²) in [6.07, 6.45) is 2.46. The van der Waals surface area contributed by atoms with Crippen LogP contribution < -0.4 is 4.90 Å². The lowest BCUT2D eigenvalue weighted by atomic mass is 10.1. The summed E-state index contributed by atoms with van der Waals surface area (Å²) in [5.74, 6) is 0.942. The van der Waals surface area contributed by atoms with Crippen LogP contribution in [0.2, 0.25) is 0 Å². The van der Waals surface area contributed by atoms with Crippen LogP contribution in [-0.4, -0.2) is 17.8 Å². The maximum Gasteiger partial charge on any atom is 0.151 e. The summed E-state index contributed by atoms with van der Waals surface area (Å²) in [4.78, 5) is 17.4. The molecule has 0 saturated heterocycles. The van der Waals surface area contributed by atoms with Crippen LogP contribution in [0.3, 0.4) is 0 Å². The third-order valence-electron chi connectivity index (χ3n) is 3.11. The van der Waals surface area contributed by atoms with Crippen molar-refractivity contribution in [2.24, 2.45) is 0 Å². The van der Waals surface area contributed by atoms with E-state index in [1.807, 2.05) is 31.2 Å². The Kier molecular flexibility index (Phi) is 4.29. The first-order valence-corrected chi connectivity index (χ1v) is 6.45. The second-order valence-electron chi connectivity index (χ2n) is 4.53. The van der Waals surface area contributed by atoms with Gasteiger partial charge in [0.1, 0.15) is 5.82 Å². The third kappa shape index (κ3) is 3.19. The number of carbonyl (C=O) groups excluding carboxylic acids is 1. The molecule has 0 atom stereocenters. The lowest BCUT2D eigenvalue weighted by Gasteiger charge is -2.23. The minimum Gasteiger partial charge on any atom is -0.352 e. The van der Waals surface area contributed by atoms with Gasteiger partial charge in [0.2, 0.25) is 0 Å². The molecule has 98 valence electrons. The minimum absolute atomic E-state index is 0.622. The van der Waals surface area contributed by atoms with Crippen molar-refractivity contribution < 1.29 is 4.79 Å². The Balaban J connectivity index is 2.24. The molecular formula is C16H18N2O. The van der Waals surface area contributed by atoms with E-state index in [1.165, 1.54) is 5.56 Å². The van der Waals surface area contributed by atoms with Crippen LogP contribution in [-0.2, 0) is 6.54 Å². The van der Waals surface area contributed by atoms with Crippen molar-refractivity contribution in [2.75, 3.05) is 11.4 Å². The largest absolute Gasteiger partial charge is 0.352 e. The normalized spacial score (nSPS) is 10.2. The Morgan fingerprint density at radius 3 is 2.58 bits per heavy atom. The summed E-state index contributed by atoms with van der Waals surface area (Å²) in [6, 6.07) is 12.2. The SMILES string of the molecule is CCN(Cc1ccccc1)c1ncc(C=O)cc1C. The van der Waals surface area contributed by atoms with Crippen LogP contribution in [0.25, 0.3) is 0 Å². The monoisotopic (exact) mass is 254 g/mol. The number of hydrogen-bond acceptors (Lipinski definition) is 3. The quantitative estimate of drug-likeness (QED) is 0.768. The van der Waals surface area contributed by atoms with Gasteiger partial charge in [-0.1, -0.05) is 30.3 Å². The fourth-order valence-corrected chi connectivity index (χ4v) is 2.13. The van der Waals surface area contributed by atoms with Crippen molar-refractivity contribution in [3.8, 4) is 0 Å². The zero-order valence-corrected chi connectivity index (χ0v) is 11.3. The first-order chi connectivity index (χ1) is 9.24. The Bertz CT molecular complexity index is 552. The van der Waals surface area contributed by atoms with E-state index in [0.717, 1.165) is 30.8 Å². The molecule has 0 N–H and O–H groups in total. The van der Waals surface area contributed by atoms with Crippen molar-refractivity contribution in [1.82, 2.24) is 4.98 Å². The average molecular weight is 254 g/mol. The van der Waals surface area contributed by atoms with Gasteiger partial charge in [0.15, 0.2) is 6.29 Å². The molecule has 1 heterocycles. The van der Waals surface area contributed by atoms with Gasteiger partial charge in [-0.2, -0.15) is 0 Å². The second kappa shape index (κ2) is 6.14. The maximum atomic E-state index is 10.7. The molecule has 3 heteroatoms. The molecule has 0 aliphatic carbocycles. The second-order valence-corrected chi connectivity index (χ2v) is 4.53. The molecule has 0 amide bonds. The van der Waals surface area contributed by atoms with Gasteiger partial charge in [-0.25, -0.2) is 4.98 Å². The summed E-state index contributed by atoms with van der Waals surface area (Å²) >= 11 is 0. The first kappa shape index (κ1) is 13.3. The molecule has 0 aliphatic heterocycles. The fourth-order valence-electron chi connectivity index (χ4n) is 2.13. The van der Waals surface area contributed by atoms with E-state index >= 15 is 0 Å². The Morgan fingerprint density at radius 2 is 2.00 bits per heavy atom. The fraction of sp³-hybridized carbons (Fsp3) is 0.250. The first-order valence-electron chi connectivity index (χ1n) is 6.45. The highest BCUT2D eigenvalue weighted by molar-refractivity contribution is 5.75. The topological polar surface area (TPSA) is 33.2 Å². The van der Waals surface area contributed by atoms with Gasteiger partial charge in [0, 0.05) is 24.8 Å². The maximum absolute atomic E-state index is 10.7. The van der Waals surface area contributed by atoms with E-state index < -0.39 is 0 Å². The zero-order valence-electron chi connectivity index (χ0n) is 11.3. The zero-order chi connectivity index (χ0) is 13.7. The number of anilines is 1. The highest BCUT2D eigenvalue weighted by Crippen LogP contribution is 2.19. The molecule has 1 aromatic heterocycles. The summed E-state index contributed by atoms with van der Waals surface area (Å²) in [5, 5.41) is 0. The van der Waals surface area contributed by atoms with Crippen LogP contribution in [0.5, 0.6) is 0 Å². The van der Waals surface area contributed by atoms with E-state index in [0.29, 0.717) is 5.56 Å². The summed E-state index contributed by atoms with van der Waals surface area (Å²) in [6.45, 7) is 5.80.